The maximum Gasteiger partial charge on any atom is 0.224 e. The molecule has 1 aromatic carbocycles. The lowest BCUT2D eigenvalue weighted by molar-refractivity contribution is -0.129. The first-order chi connectivity index (χ1) is 12.8. The first-order valence-electron chi connectivity index (χ1n) is 8.91. The van der Waals surface area contributed by atoms with Crippen LogP contribution in [0.2, 0.25) is 5.02 Å². The van der Waals surface area contributed by atoms with Crippen LogP contribution in [0.5, 0.6) is 0 Å². The number of aliphatic hydroxyl groups excluding tert-OH is 2. The molecule has 9 heteroatoms. The number of fused-ring (bicyclic) bond motifs is 1. The number of amides is 1. The van der Waals surface area contributed by atoms with Gasteiger partial charge in [-0.1, -0.05) is 23.4 Å². The second-order valence-electron chi connectivity index (χ2n) is 7.13. The molecule has 1 amide bonds. The average molecular weight is 413 g/mol. The van der Waals surface area contributed by atoms with E-state index in [-0.39, 0.29) is 17.6 Å². The fraction of sp³-hybridized carbons (Fsp3) is 0.556. The predicted octanol–water partition coefficient (Wildman–Crippen LogP) is 1.01. The normalized spacial score (nSPS) is 30.0. The summed E-state index contributed by atoms with van der Waals surface area (Å²) in [7, 11) is 3.89. The number of rotatable bonds is 5. The van der Waals surface area contributed by atoms with Crippen molar-refractivity contribution in [2.45, 2.75) is 29.9 Å². The van der Waals surface area contributed by atoms with E-state index in [9.17, 15) is 15.0 Å². The Morgan fingerprint density at radius 3 is 2.70 bits per heavy atom. The van der Waals surface area contributed by atoms with Gasteiger partial charge in [0.1, 0.15) is 6.10 Å². The van der Waals surface area contributed by atoms with Gasteiger partial charge >= 0.3 is 0 Å². The topological polar surface area (TPSA) is 97.2 Å². The van der Waals surface area contributed by atoms with E-state index in [1.165, 1.54) is 11.8 Å². The Balaban J connectivity index is 1.68. The van der Waals surface area contributed by atoms with Gasteiger partial charge in [0, 0.05) is 29.0 Å². The fourth-order valence-electron chi connectivity index (χ4n) is 3.30. The molecule has 4 N–H and O–H groups in total. The number of likely N-dealkylation sites (N-methyl/N-ethyl adjacent to an activating group) is 1. The molecule has 0 aromatic heterocycles. The van der Waals surface area contributed by atoms with Crippen molar-refractivity contribution in [1.29, 1.82) is 0 Å². The number of hydrogen-bond donors (Lipinski definition) is 4. The Hall–Kier alpha value is -1.32. The summed E-state index contributed by atoms with van der Waals surface area (Å²) < 4.78 is 0. The molecule has 0 spiro atoms. The standard InChI is InChI=1S/C18H25ClN4O3S/c1-23(2)8-7-20-17(26)12-9-13(24)15(25)14-16(12)27-18(22-14)21-11-5-3-10(19)4-6-11/h3-6,12-16,24-25H,7-9H2,1-2H3,(H,20,26)(H,21,22)/t12-,13-,14-,15+,16-/m1/s1. The van der Waals surface area contributed by atoms with E-state index in [2.05, 4.69) is 15.6 Å². The van der Waals surface area contributed by atoms with Crippen LogP contribution in [0.4, 0.5) is 5.69 Å². The zero-order valence-electron chi connectivity index (χ0n) is 15.3. The molecular weight excluding hydrogens is 388 g/mol. The highest BCUT2D eigenvalue weighted by molar-refractivity contribution is 8.15. The van der Waals surface area contributed by atoms with Crippen molar-refractivity contribution in [2.24, 2.45) is 10.9 Å². The molecule has 27 heavy (non-hydrogen) atoms. The molecule has 0 unspecified atom stereocenters. The molecule has 2 aliphatic rings. The number of nitrogens with zero attached hydrogens (tertiary/aromatic N) is 2. The number of amidine groups is 1. The molecular formula is C18H25ClN4O3S. The number of carbonyl (C=O) groups is 1. The number of thioether (sulfide) groups is 1. The molecule has 7 nitrogen and oxygen atoms in total. The second kappa shape index (κ2) is 8.79. The van der Waals surface area contributed by atoms with Crippen LogP contribution in [-0.4, -0.2) is 76.9 Å². The molecule has 1 fully saturated rings. The summed E-state index contributed by atoms with van der Waals surface area (Å²) in [4.78, 5) is 19.2. The Bertz CT molecular complexity index is 700. The third kappa shape index (κ3) is 4.94. The zero-order chi connectivity index (χ0) is 19.6. The van der Waals surface area contributed by atoms with Gasteiger partial charge in [0.25, 0.3) is 0 Å². The van der Waals surface area contributed by atoms with Gasteiger partial charge in [-0.3, -0.25) is 9.79 Å². The van der Waals surface area contributed by atoms with Gasteiger partial charge in [-0.2, -0.15) is 0 Å². The summed E-state index contributed by atoms with van der Waals surface area (Å²) in [6, 6.07) is 6.71. The zero-order valence-corrected chi connectivity index (χ0v) is 16.9. The van der Waals surface area contributed by atoms with Crippen LogP contribution >= 0.6 is 23.4 Å². The number of hydrogen-bond acceptors (Lipinski definition) is 7. The molecule has 1 aromatic rings. The van der Waals surface area contributed by atoms with Gasteiger partial charge in [-0.05, 0) is 44.8 Å². The number of carbonyl (C=O) groups excluding carboxylic acids is 1. The Morgan fingerprint density at radius 1 is 1.33 bits per heavy atom. The Kier molecular flexibility index (Phi) is 6.65. The minimum atomic E-state index is -0.974. The Morgan fingerprint density at radius 2 is 2.04 bits per heavy atom. The van der Waals surface area contributed by atoms with Crippen LogP contribution in [0.15, 0.2) is 29.3 Å². The minimum Gasteiger partial charge on any atom is -0.390 e. The summed E-state index contributed by atoms with van der Waals surface area (Å²) in [5.41, 5.74) is 0.825. The van der Waals surface area contributed by atoms with E-state index in [1.807, 2.05) is 31.1 Å². The Labute approximate surface area is 168 Å². The summed E-state index contributed by atoms with van der Waals surface area (Å²) in [6.07, 6.45) is -1.71. The first-order valence-corrected chi connectivity index (χ1v) is 10.2. The van der Waals surface area contributed by atoms with Crippen LogP contribution in [0.3, 0.4) is 0 Å². The second-order valence-corrected chi connectivity index (χ2v) is 8.74. The van der Waals surface area contributed by atoms with Crippen molar-refractivity contribution >= 4 is 40.1 Å². The predicted molar refractivity (Wildman–Crippen MR) is 109 cm³/mol. The molecule has 0 bridgehead atoms. The highest BCUT2D eigenvalue weighted by Crippen LogP contribution is 2.41. The van der Waals surface area contributed by atoms with Gasteiger partial charge < -0.3 is 25.7 Å². The third-order valence-corrected chi connectivity index (χ3v) is 6.34. The lowest BCUT2D eigenvalue weighted by atomic mass is 9.81. The number of anilines is 1. The molecule has 0 saturated heterocycles. The van der Waals surface area contributed by atoms with Crippen LogP contribution in [0.1, 0.15) is 6.42 Å². The highest BCUT2D eigenvalue weighted by Gasteiger charge is 2.50. The molecule has 3 rings (SSSR count). The summed E-state index contributed by atoms with van der Waals surface area (Å²) in [5, 5.41) is 27.8. The van der Waals surface area contributed by atoms with Crippen LogP contribution < -0.4 is 10.6 Å². The van der Waals surface area contributed by atoms with Gasteiger partial charge in [-0.15, -0.1) is 0 Å². The maximum atomic E-state index is 12.7. The summed E-state index contributed by atoms with van der Waals surface area (Å²) >= 11 is 7.35. The highest BCUT2D eigenvalue weighted by atomic mass is 35.5. The van der Waals surface area contributed by atoms with Crippen LogP contribution in [0, 0.1) is 5.92 Å². The molecule has 0 radical (unpaired) electrons. The largest absolute Gasteiger partial charge is 0.390 e. The number of nitrogens with one attached hydrogen (secondary N) is 2. The van der Waals surface area contributed by atoms with Crippen molar-refractivity contribution in [2.75, 3.05) is 32.5 Å². The van der Waals surface area contributed by atoms with Gasteiger partial charge in [0.05, 0.1) is 18.1 Å². The van der Waals surface area contributed by atoms with E-state index in [1.54, 1.807) is 12.1 Å². The van der Waals surface area contributed by atoms with E-state index in [4.69, 9.17) is 11.6 Å². The van der Waals surface area contributed by atoms with E-state index in [0.29, 0.717) is 16.7 Å². The lowest BCUT2D eigenvalue weighted by Crippen LogP contribution is -2.54. The monoisotopic (exact) mass is 412 g/mol. The van der Waals surface area contributed by atoms with E-state index >= 15 is 0 Å². The van der Waals surface area contributed by atoms with Crippen molar-refractivity contribution in [1.82, 2.24) is 10.2 Å². The van der Waals surface area contributed by atoms with Crippen LogP contribution in [-0.2, 0) is 4.79 Å². The molecule has 148 valence electrons. The molecule has 5 atom stereocenters. The molecule has 1 aliphatic carbocycles. The average Bonchev–Trinajstić information content (AvgIpc) is 3.03. The minimum absolute atomic E-state index is 0.103. The van der Waals surface area contributed by atoms with Gasteiger partial charge in [0.15, 0.2) is 5.17 Å². The maximum absolute atomic E-state index is 12.7. The quantitative estimate of drug-likeness (QED) is 0.576. The number of aliphatic hydroxyl groups is 2. The summed E-state index contributed by atoms with van der Waals surface area (Å²) in [6.45, 7) is 1.28. The van der Waals surface area contributed by atoms with Crippen LogP contribution in [0.25, 0.3) is 0 Å². The van der Waals surface area contributed by atoms with Crippen molar-refractivity contribution in [3.05, 3.63) is 29.3 Å². The van der Waals surface area contributed by atoms with Crippen molar-refractivity contribution in [3.63, 3.8) is 0 Å². The first kappa shape index (κ1) is 20.4. The lowest BCUT2D eigenvalue weighted by Gasteiger charge is -2.37. The smallest absolute Gasteiger partial charge is 0.224 e. The third-order valence-electron chi connectivity index (χ3n) is 4.78. The molecule has 1 heterocycles. The molecule has 1 aliphatic heterocycles. The van der Waals surface area contributed by atoms with Gasteiger partial charge in [0.2, 0.25) is 5.91 Å². The SMILES string of the molecule is CN(C)CCNC(=O)[C@@H]1C[C@@H](O)[C@H](O)[C@H]2N=C(Nc3ccc(Cl)cc3)S[C@@H]21. The number of halogens is 1. The van der Waals surface area contributed by atoms with Gasteiger partial charge in [-0.25, -0.2) is 0 Å². The summed E-state index contributed by atoms with van der Waals surface area (Å²) in [5.74, 6) is -0.512. The number of aliphatic imine (C=N–C) groups is 1. The van der Waals surface area contributed by atoms with Crippen molar-refractivity contribution < 1.29 is 15.0 Å². The number of benzene rings is 1. The van der Waals surface area contributed by atoms with E-state index < -0.39 is 24.2 Å². The fourth-order valence-corrected chi connectivity index (χ4v) is 4.80. The molecule has 1 saturated carbocycles. The van der Waals surface area contributed by atoms with E-state index in [0.717, 1.165) is 12.2 Å². The van der Waals surface area contributed by atoms with Crippen molar-refractivity contribution in [3.8, 4) is 0 Å².